The van der Waals surface area contributed by atoms with Gasteiger partial charge in [-0.1, -0.05) is 47.6 Å². The van der Waals surface area contributed by atoms with Gasteiger partial charge in [-0.2, -0.15) is 0 Å². The molecular formula is C26H40N2O4Si. The minimum atomic E-state index is -1.82. The van der Waals surface area contributed by atoms with Gasteiger partial charge in [-0.05, 0) is 48.8 Å². The summed E-state index contributed by atoms with van der Waals surface area (Å²) in [5, 5.41) is 3.05. The summed E-state index contributed by atoms with van der Waals surface area (Å²) in [6, 6.07) is 9.48. The molecule has 7 heteroatoms. The number of aromatic nitrogens is 1. The zero-order valence-electron chi connectivity index (χ0n) is 21.9. The summed E-state index contributed by atoms with van der Waals surface area (Å²) < 4.78 is 17.8. The number of carbonyl (C=O) groups is 1. The maximum atomic E-state index is 12.4. The predicted molar refractivity (Wildman–Crippen MR) is 138 cm³/mol. The van der Waals surface area contributed by atoms with Crippen molar-refractivity contribution < 1.29 is 18.7 Å². The molecule has 1 aromatic carbocycles. The summed E-state index contributed by atoms with van der Waals surface area (Å²) in [7, 11) is 1.49. The molecular weight excluding hydrogens is 432 g/mol. The first-order chi connectivity index (χ1) is 15.2. The molecule has 6 nitrogen and oxygen atoms in total. The average molecular weight is 473 g/mol. The number of ether oxygens (including phenoxy) is 2. The van der Waals surface area contributed by atoms with E-state index in [2.05, 4.69) is 44.2 Å². The highest BCUT2D eigenvalue weighted by Gasteiger charge is 2.37. The zero-order chi connectivity index (χ0) is 25.0. The molecule has 0 atom stereocenters. The topological polar surface area (TPSA) is 69.7 Å². The van der Waals surface area contributed by atoms with E-state index in [1.165, 1.54) is 0 Å². The summed E-state index contributed by atoms with van der Waals surface area (Å²) in [5.74, 6) is 1.87. The highest BCUT2D eigenvalue weighted by atomic mass is 28.4. The lowest BCUT2D eigenvalue weighted by Gasteiger charge is -2.36. The van der Waals surface area contributed by atoms with Crippen molar-refractivity contribution in [2.24, 2.45) is 5.41 Å². The van der Waals surface area contributed by atoms with Crippen LogP contribution in [0.3, 0.4) is 0 Å². The molecule has 0 saturated carbocycles. The van der Waals surface area contributed by atoms with Crippen molar-refractivity contribution in [2.75, 3.05) is 26.1 Å². The largest absolute Gasteiger partial charge is 0.496 e. The summed E-state index contributed by atoms with van der Waals surface area (Å²) in [4.78, 5) is 17.0. The number of hydrogen-bond acceptors (Lipinski definition) is 5. The van der Waals surface area contributed by atoms with Crippen LogP contribution >= 0.6 is 0 Å². The van der Waals surface area contributed by atoms with Gasteiger partial charge in [-0.3, -0.25) is 4.79 Å². The van der Waals surface area contributed by atoms with Crippen molar-refractivity contribution >= 4 is 20.0 Å². The van der Waals surface area contributed by atoms with Crippen molar-refractivity contribution in [3.05, 3.63) is 35.9 Å². The van der Waals surface area contributed by atoms with Crippen LogP contribution < -0.4 is 14.8 Å². The van der Waals surface area contributed by atoms with E-state index >= 15 is 0 Å². The number of rotatable bonds is 8. The van der Waals surface area contributed by atoms with Crippen LogP contribution in [0.25, 0.3) is 11.3 Å². The lowest BCUT2D eigenvalue weighted by molar-refractivity contribution is -0.123. The van der Waals surface area contributed by atoms with Crippen molar-refractivity contribution in [3.8, 4) is 22.8 Å². The Morgan fingerprint density at radius 1 is 1.00 bits per heavy atom. The van der Waals surface area contributed by atoms with Crippen molar-refractivity contribution in [3.63, 3.8) is 0 Å². The van der Waals surface area contributed by atoms with Crippen LogP contribution in [-0.2, 0) is 15.6 Å². The normalized spacial score (nSPS) is 12.4. The molecule has 0 aliphatic heterocycles. The van der Waals surface area contributed by atoms with Crippen LogP contribution in [0.1, 0.15) is 47.1 Å². The summed E-state index contributed by atoms with van der Waals surface area (Å²) >= 11 is 0. The van der Waals surface area contributed by atoms with E-state index in [4.69, 9.17) is 13.9 Å². The van der Waals surface area contributed by atoms with E-state index < -0.39 is 13.7 Å². The van der Waals surface area contributed by atoms with E-state index in [9.17, 15) is 4.79 Å². The van der Waals surface area contributed by atoms with Crippen LogP contribution in [0.4, 0.5) is 5.82 Å². The molecule has 1 N–H and O–H groups in total. The Morgan fingerprint density at radius 3 is 2.18 bits per heavy atom. The SMILES string of the molecule is COc1cc(-c2cccc(NC(=O)C(C)(C)C)n2)c(OC)cc1CCO[Si](C)(C)C(C)(C)C. The van der Waals surface area contributed by atoms with Gasteiger partial charge in [0.15, 0.2) is 8.32 Å². The fourth-order valence-corrected chi connectivity index (χ4v) is 3.99. The third kappa shape index (κ3) is 6.80. The third-order valence-corrected chi connectivity index (χ3v) is 10.7. The highest BCUT2D eigenvalue weighted by molar-refractivity contribution is 6.74. The molecule has 2 rings (SSSR count). The quantitative estimate of drug-likeness (QED) is 0.456. The standard InChI is InChI=1S/C26H40N2O4Si/c1-25(2,3)24(29)28-23-13-11-12-20(27-23)19-17-21(30-7)18(16-22(19)31-8)14-15-32-33(9,10)26(4,5)6/h11-13,16-17H,14-15H2,1-10H3,(H,27,28,29). The van der Waals surface area contributed by atoms with Gasteiger partial charge in [0.1, 0.15) is 17.3 Å². The van der Waals surface area contributed by atoms with Gasteiger partial charge in [-0.15, -0.1) is 0 Å². The van der Waals surface area contributed by atoms with Crippen LogP contribution in [0.5, 0.6) is 11.5 Å². The number of amides is 1. The minimum Gasteiger partial charge on any atom is -0.496 e. The maximum Gasteiger partial charge on any atom is 0.230 e. The van der Waals surface area contributed by atoms with Crippen molar-refractivity contribution in [1.82, 2.24) is 4.98 Å². The van der Waals surface area contributed by atoms with Gasteiger partial charge < -0.3 is 19.2 Å². The van der Waals surface area contributed by atoms with Crippen LogP contribution in [0.2, 0.25) is 18.1 Å². The van der Waals surface area contributed by atoms with E-state index in [0.29, 0.717) is 23.9 Å². The molecule has 1 amide bonds. The number of carbonyl (C=O) groups excluding carboxylic acids is 1. The summed E-state index contributed by atoms with van der Waals surface area (Å²) in [6.07, 6.45) is 0.724. The first kappa shape index (κ1) is 26.9. The second-order valence-corrected chi connectivity index (χ2v) is 15.6. The molecule has 182 valence electrons. The van der Waals surface area contributed by atoms with Crippen LogP contribution in [0.15, 0.2) is 30.3 Å². The molecule has 1 heterocycles. The molecule has 2 aromatic rings. The van der Waals surface area contributed by atoms with Crippen LogP contribution in [0, 0.1) is 5.41 Å². The van der Waals surface area contributed by atoms with Gasteiger partial charge in [0.2, 0.25) is 5.91 Å². The Labute approximate surface area is 200 Å². The minimum absolute atomic E-state index is 0.0891. The first-order valence-corrected chi connectivity index (χ1v) is 14.3. The molecule has 0 radical (unpaired) electrons. The number of benzene rings is 1. The van der Waals surface area contributed by atoms with Gasteiger partial charge >= 0.3 is 0 Å². The molecule has 0 spiro atoms. The van der Waals surface area contributed by atoms with Gasteiger partial charge in [0, 0.05) is 23.1 Å². The molecule has 0 aliphatic carbocycles. The Bertz CT molecular complexity index is 975. The lowest BCUT2D eigenvalue weighted by Crippen LogP contribution is -2.41. The Kier molecular flexibility index (Phi) is 8.35. The number of anilines is 1. The fourth-order valence-electron chi connectivity index (χ4n) is 2.95. The smallest absolute Gasteiger partial charge is 0.230 e. The number of pyridine rings is 1. The van der Waals surface area contributed by atoms with Gasteiger partial charge in [-0.25, -0.2) is 4.98 Å². The van der Waals surface area contributed by atoms with E-state index in [1.807, 2.05) is 45.0 Å². The predicted octanol–water partition coefficient (Wildman–Crippen LogP) is 6.31. The molecule has 0 aliphatic rings. The lowest BCUT2D eigenvalue weighted by atomic mass is 9.96. The molecule has 0 saturated heterocycles. The summed E-state index contributed by atoms with van der Waals surface area (Å²) in [5.41, 5.74) is 2.01. The van der Waals surface area contributed by atoms with Gasteiger partial charge in [0.25, 0.3) is 0 Å². The molecule has 0 fully saturated rings. The average Bonchev–Trinajstić information content (AvgIpc) is 2.71. The Balaban J connectivity index is 2.32. The van der Waals surface area contributed by atoms with E-state index in [0.717, 1.165) is 23.3 Å². The number of methoxy groups -OCH3 is 2. The zero-order valence-corrected chi connectivity index (χ0v) is 22.9. The third-order valence-electron chi connectivity index (χ3n) is 6.19. The molecule has 1 aromatic heterocycles. The van der Waals surface area contributed by atoms with E-state index in [-0.39, 0.29) is 10.9 Å². The first-order valence-electron chi connectivity index (χ1n) is 11.4. The molecule has 0 unspecified atom stereocenters. The van der Waals surface area contributed by atoms with Crippen molar-refractivity contribution in [2.45, 2.75) is 66.1 Å². The number of nitrogens with zero attached hydrogens (tertiary/aromatic N) is 1. The summed E-state index contributed by atoms with van der Waals surface area (Å²) in [6.45, 7) is 17.5. The number of hydrogen-bond donors (Lipinski definition) is 1. The highest BCUT2D eigenvalue weighted by Crippen LogP contribution is 2.38. The molecule has 33 heavy (non-hydrogen) atoms. The Hall–Kier alpha value is -2.38. The van der Waals surface area contributed by atoms with Crippen LogP contribution in [-0.4, -0.2) is 40.0 Å². The molecule has 0 bridgehead atoms. The van der Waals surface area contributed by atoms with E-state index in [1.54, 1.807) is 20.3 Å². The van der Waals surface area contributed by atoms with Crippen molar-refractivity contribution in [1.29, 1.82) is 0 Å². The second kappa shape index (κ2) is 10.3. The number of nitrogens with one attached hydrogen (secondary N) is 1. The van der Waals surface area contributed by atoms with Gasteiger partial charge in [0.05, 0.1) is 19.9 Å². The maximum absolute atomic E-state index is 12.4. The second-order valence-electron chi connectivity index (χ2n) is 10.8. The fraction of sp³-hybridized carbons (Fsp3) is 0.538. The monoisotopic (exact) mass is 472 g/mol. The Morgan fingerprint density at radius 2 is 1.64 bits per heavy atom.